The molecule has 1 nitrogen and oxygen atoms in total. The van der Waals surface area contributed by atoms with Crippen molar-refractivity contribution in [2.45, 2.75) is 46.0 Å². The van der Waals surface area contributed by atoms with Crippen LogP contribution in [0.1, 0.15) is 46.0 Å². The number of hydrogen-bond donors (Lipinski definition) is 0. The zero-order valence-electron chi connectivity index (χ0n) is 8.10. The third-order valence-corrected chi connectivity index (χ3v) is 3.91. The molecule has 2 atom stereocenters. The van der Waals surface area contributed by atoms with E-state index < -0.39 is 0 Å². The van der Waals surface area contributed by atoms with E-state index in [4.69, 9.17) is 0 Å². The van der Waals surface area contributed by atoms with Crippen molar-refractivity contribution in [3.05, 3.63) is 0 Å². The molecule has 0 bridgehead atoms. The maximum absolute atomic E-state index is 11.3. The normalized spacial score (nSPS) is 39.7. The van der Waals surface area contributed by atoms with Crippen LogP contribution in [0.5, 0.6) is 0 Å². The van der Waals surface area contributed by atoms with Gasteiger partial charge in [-0.3, -0.25) is 4.79 Å². The molecule has 2 aliphatic carbocycles. The first-order chi connectivity index (χ1) is 5.59. The van der Waals surface area contributed by atoms with Gasteiger partial charge in [0.15, 0.2) is 0 Å². The molecule has 0 heterocycles. The van der Waals surface area contributed by atoms with Crippen molar-refractivity contribution >= 4 is 5.78 Å². The topological polar surface area (TPSA) is 17.1 Å². The quantitative estimate of drug-likeness (QED) is 0.541. The second kappa shape index (κ2) is 2.58. The molecular weight excluding hydrogens is 148 g/mol. The smallest absolute Gasteiger partial charge is 0.133 e. The van der Waals surface area contributed by atoms with Crippen LogP contribution in [0.3, 0.4) is 0 Å². The van der Waals surface area contributed by atoms with E-state index in [9.17, 15) is 4.79 Å². The van der Waals surface area contributed by atoms with E-state index in [1.54, 1.807) is 0 Å². The molecule has 12 heavy (non-hydrogen) atoms. The monoisotopic (exact) mass is 166 g/mol. The summed E-state index contributed by atoms with van der Waals surface area (Å²) in [7, 11) is 0. The third-order valence-electron chi connectivity index (χ3n) is 3.91. The summed E-state index contributed by atoms with van der Waals surface area (Å²) in [5.74, 6) is 1.96. The molecule has 1 heteroatoms. The molecule has 0 aromatic carbocycles. The van der Waals surface area contributed by atoms with Crippen molar-refractivity contribution in [1.82, 2.24) is 0 Å². The lowest BCUT2D eigenvalue weighted by Crippen LogP contribution is -2.31. The summed E-state index contributed by atoms with van der Waals surface area (Å²) in [5, 5.41) is 0. The zero-order chi connectivity index (χ0) is 8.77. The largest absolute Gasteiger partial charge is 0.300 e. The summed E-state index contributed by atoms with van der Waals surface area (Å²) >= 11 is 0. The third kappa shape index (κ3) is 1.19. The summed E-state index contributed by atoms with van der Waals surface area (Å²) in [4.78, 5) is 11.3. The Morgan fingerprint density at radius 3 is 2.75 bits per heavy atom. The van der Waals surface area contributed by atoms with Crippen molar-refractivity contribution in [2.24, 2.45) is 17.3 Å². The Balaban J connectivity index is 2.18. The number of ketones is 1. The predicted molar refractivity (Wildman–Crippen MR) is 48.9 cm³/mol. The van der Waals surface area contributed by atoms with Gasteiger partial charge in [0.2, 0.25) is 0 Å². The summed E-state index contributed by atoms with van der Waals surface area (Å²) in [6, 6.07) is 0. The molecule has 2 rings (SSSR count). The molecule has 2 aliphatic rings. The summed E-state index contributed by atoms with van der Waals surface area (Å²) in [6.45, 7) is 4.67. The number of carbonyl (C=O) groups excluding carboxylic acids is 1. The molecule has 0 aromatic rings. The molecular formula is C11H18O. The Bertz CT molecular complexity index is 205. The Morgan fingerprint density at radius 2 is 2.08 bits per heavy atom. The highest BCUT2D eigenvalue weighted by molar-refractivity contribution is 5.81. The Morgan fingerprint density at radius 1 is 1.33 bits per heavy atom. The van der Waals surface area contributed by atoms with Gasteiger partial charge in [-0.15, -0.1) is 0 Å². The van der Waals surface area contributed by atoms with Gasteiger partial charge in [0.1, 0.15) is 5.78 Å². The van der Waals surface area contributed by atoms with Gasteiger partial charge in [0.05, 0.1) is 0 Å². The lowest BCUT2D eigenvalue weighted by molar-refractivity contribution is -0.117. The van der Waals surface area contributed by atoms with Crippen LogP contribution in [0.2, 0.25) is 0 Å². The molecule has 0 aliphatic heterocycles. The van der Waals surface area contributed by atoms with Crippen LogP contribution in [-0.4, -0.2) is 5.78 Å². The zero-order valence-corrected chi connectivity index (χ0v) is 8.10. The van der Waals surface area contributed by atoms with Gasteiger partial charge < -0.3 is 0 Å². The summed E-state index contributed by atoms with van der Waals surface area (Å²) in [5.41, 5.74) is 0.440. The number of rotatable bonds is 0. The van der Waals surface area contributed by atoms with Gasteiger partial charge in [-0.1, -0.05) is 20.3 Å². The number of Topliss-reactive ketones (excluding diaryl/α,β-unsaturated/α-hetero) is 1. The van der Waals surface area contributed by atoms with E-state index in [1.807, 2.05) is 0 Å². The maximum Gasteiger partial charge on any atom is 0.133 e. The van der Waals surface area contributed by atoms with Crippen LogP contribution in [0.25, 0.3) is 0 Å². The first kappa shape index (κ1) is 8.28. The fraction of sp³-hybridized carbons (Fsp3) is 0.909. The molecule has 0 N–H and O–H groups in total. The molecule has 0 spiro atoms. The number of hydrogen-bond acceptors (Lipinski definition) is 1. The van der Waals surface area contributed by atoms with E-state index in [-0.39, 0.29) is 0 Å². The lowest BCUT2D eigenvalue weighted by atomic mass is 9.65. The van der Waals surface area contributed by atoms with Crippen LogP contribution in [0, 0.1) is 17.3 Å². The standard InChI is InChI=1S/C11H18O/c1-11(2)5-3-4-8-6-9(12)7-10(8)11/h8,10H,3-7H2,1-2H3. The lowest BCUT2D eigenvalue weighted by Gasteiger charge is -2.40. The Kier molecular flexibility index (Phi) is 1.78. The average molecular weight is 166 g/mol. The second-order valence-electron chi connectivity index (χ2n) is 5.19. The second-order valence-corrected chi connectivity index (χ2v) is 5.19. The first-order valence-electron chi connectivity index (χ1n) is 5.11. The van der Waals surface area contributed by atoms with E-state index >= 15 is 0 Å². The molecule has 0 aromatic heterocycles. The predicted octanol–water partition coefficient (Wildman–Crippen LogP) is 2.79. The van der Waals surface area contributed by atoms with Crippen LogP contribution in [-0.2, 0) is 4.79 Å². The SMILES string of the molecule is CC1(C)CCCC2CC(=O)CC21. The van der Waals surface area contributed by atoms with E-state index in [1.165, 1.54) is 19.3 Å². The van der Waals surface area contributed by atoms with E-state index in [0.29, 0.717) is 17.1 Å². The van der Waals surface area contributed by atoms with Gasteiger partial charge >= 0.3 is 0 Å². The highest BCUT2D eigenvalue weighted by atomic mass is 16.1. The van der Waals surface area contributed by atoms with Gasteiger partial charge in [-0.2, -0.15) is 0 Å². The molecule has 2 fully saturated rings. The fourth-order valence-corrected chi connectivity index (χ4v) is 3.15. The highest BCUT2D eigenvalue weighted by Gasteiger charge is 2.44. The maximum atomic E-state index is 11.3. The minimum atomic E-state index is 0.440. The fourth-order valence-electron chi connectivity index (χ4n) is 3.15. The Hall–Kier alpha value is -0.330. The molecule has 2 saturated carbocycles. The molecule has 0 radical (unpaired) electrons. The molecule has 2 unspecified atom stereocenters. The van der Waals surface area contributed by atoms with Crippen LogP contribution in [0.4, 0.5) is 0 Å². The molecule has 0 saturated heterocycles. The average Bonchev–Trinajstić information content (AvgIpc) is 2.30. The van der Waals surface area contributed by atoms with Gasteiger partial charge in [0, 0.05) is 12.8 Å². The van der Waals surface area contributed by atoms with Gasteiger partial charge in [0.25, 0.3) is 0 Å². The van der Waals surface area contributed by atoms with Crippen molar-refractivity contribution in [1.29, 1.82) is 0 Å². The van der Waals surface area contributed by atoms with E-state index in [0.717, 1.165) is 18.8 Å². The van der Waals surface area contributed by atoms with Gasteiger partial charge in [-0.05, 0) is 30.1 Å². The van der Waals surface area contributed by atoms with Gasteiger partial charge in [-0.25, -0.2) is 0 Å². The van der Waals surface area contributed by atoms with Crippen LogP contribution in [0.15, 0.2) is 0 Å². The van der Waals surface area contributed by atoms with Crippen molar-refractivity contribution in [2.75, 3.05) is 0 Å². The van der Waals surface area contributed by atoms with E-state index in [2.05, 4.69) is 13.8 Å². The molecule has 0 amide bonds. The van der Waals surface area contributed by atoms with Crippen molar-refractivity contribution in [3.8, 4) is 0 Å². The van der Waals surface area contributed by atoms with Crippen LogP contribution >= 0.6 is 0 Å². The summed E-state index contributed by atoms with van der Waals surface area (Å²) in [6.07, 6.45) is 5.72. The first-order valence-corrected chi connectivity index (χ1v) is 5.11. The minimum absolute atomic E-state index is 0.440. The van der Waals surface area contributed by atoms with Crippen LogP contribution < -0.4 is 0 Å². The number of fused-ring (bicyclic) bond motifs is 1. The number of carbonyl (C=O) groups is 1. The minimum Gasteiger partial charge on any atom is -0.300 e. The van der Waals surface area contributed by atoms with Crippen molar-refractivity contribution < 1.29 is 4.79 Å². The summed E-state index contributed by atoms with van der Waals surface area (Å²) < 4.78 is 0. The molecule has 68 valence electrons. The Labute approximate surface area is 74.5 Å². The highest BCUT2D eigenvalue weighted by Crippen LogP contribution is 2.50. The van der Waals surface area contributed by atoms with Crippen molar-refractivity contribution in [3.63, 3.8) is 0 Å².